The topological polar surface area (TPSA) is 32.6 Å². The van der Waals surface area contributed by atoms with Gasteiger partial charge in [-0.05, 0) is 224 Å². The molecule has 12 rings (SSSR count). The van der Waals surface area contributed by atoms with E-state index in [1.54, 1.807) is 12.8 Å². The van der Waals surface area contributed by atoms with Gasteiger partial charge in [0.1, 0.15) is 0 Å². The summed E-state index contributed by atoms with van der Waals surface area (Å²) in [7, 11) is 0. The van der Waals surface area contributed by atoms with Gasteiger partial charge in [0.25, 0.3) is 0 Å². The lowest BCUT2D eigenvalue weighted by Gasteiger charge is -2.59. The summed E-state index contributed by atoms with van der Waals surface area (Å²) < 4.78 is 0. The fourth-order valence-corrected chi connectivity index (χ4v) is 18.6. The molecule has 0 aromatic heterocycles. The molecule has 0 bridgehead atoms. The molecular formula is C57H87N4-. The van der Waals surface area contributed by atoms with Crippen LogP contribution in [0.15, 0.2) is 47.6 Å². The molecule has 0 aromatic carbocycles. The van der Waals surface area contributed by atoms with Crippen molar-refractivity contribution in [3.05, 3.63) is 52.9 Å². The van der Waals surface area contributed by atoms with Crippen LogP contribution in [0.4, 0.5) is 0 Å². The van der Waals surface area contributed by atoms with Crippen molar-refractivity contribution in [3.8, 4) is 0 Å². The highest BCUT2D eigenvalue weighted by atomic mass is 15.3. The summed E-state index contributed by atoms with van der Waals surface area (Å²) in [6.45, 7) is 2.52. The van der Waals surface area contributed by atoms with Gasteiger partial charge in [0.15, 0.2) is 0 Å². The molecular weight excluding hydrogens is 741 g/mol. The molecule has 0 spiro atoms. The Morgan fingerprint density at radius 2 is 1.23 bits per heavy atom. The Hall–Kier alpha value is -1.20. The van der Waals surface area contributed by atoms with Crippen LogP contribution in [0.3, 0.4) is 0 Å². The molecule has 1 N–H and O–H groups in total. The standard InChI is InChI=1S/C57H87N4/c1-37-19-29-44(30-20-37)60-52-17-9-6-13-46(52)49-35-42(27-33-54(49)60)38-21-23-39(24-22-38)43-28-34-55-50(36-43)47-14-7-10-18-53(47)61(55)45-31-25-41(26-32-45)57-58-51-16-8-5-15-48(51)56(59-57)40-11-3-2-4-12-40/h2-3,5,15,23,36-38,40-42,44-57,59H,4,6-14,16-22,24-35H2,1H3/q-1. The van der Waals surface area contributed by atoms with E-state index < -0.39 is 0 Å². The number of hydrogen-bond donors (Lipinski definition) is 1. The normalized spacial score (nSPS) is 50.4. The number of nitrogens with zero attached hydrogens (tertiary/aromatic N) is 3. The van der Waals surface area contributed by atoms with Crippen LogP contribution in [-0.4, -0.2) is 64.3 Å². The number of hydrogen-bond acceptors (Lipinski definition) is 3. The molecule has 3 aliphatic heterocycles. The first-order valence-electron chi connectivity index (χ1n) is 27.9. The van der Waals surface area contributed by atoms with E-state index in [4.69, 9.17) is 5.32 Å². The van der Waals surface area contributed by atoms with Crippen LogP contribution in [-0.2, 0) is 0 Å². The second-order valence-corrected chi connectivity index (χ2v) is 24.3. The summed E-state index contributed by atoms with van der Waals surface area (Å²) in [5.41, 5.74) is 3.63. The SMILES string of the molecule is CC1CCC(N2C3CCCCC3C3CC(C4CC=C(C5=CC6C7CCCCC7N(C7CCC(C8[N-]C9CCC=CC9C(C9CC=CCC9)N8)CC7)C6CC5)CC4)CCC32)CC1. The van der Waals surface area contributed by atoms with Crippen LogP contribution >= 0.6 is 0 Å². The summed E-state index contributed by atoms with van der Waals surface area (Å²) >= 11 is 0. The quantitative estimate of drug-likeness (QED) is 0.271. The van der Waals surface area contributed by atoms with Crippen LogP contribution in [0.5, 0.6) is 0 Å². The molecule has 4 heteroatoms. The summed E-state index contributed by atoms with van der Waals surface area (Å²) in [5.74, 6) is 8.87. The van der Waals surface area contributed by atoms with Gasteiger partial charge in [-0.2, -0.15) is 0 Å². The van der Waals surface area contributed by atoms with Crippen LogP contribution in [0, 0.1) is 59.2 Å². The third-order valence-corrected chi connectivity index (χ3v) is 21.5. The number of fused-ring (bicyclic) bond motifs is 7. The van der Waals surface area contributed by atoms with Gasteiger partial charge in [0.05, 0.1) is 0 Å². The fraction of sp³-hybridized carbons (Fsp3) is 0.860. The molecule has 4 nitrogen and oxygen atoms in total. The van der Waals surface area contributed by atoms with E-state index in [9.17, 15) is 0 Å². The predicted molar refractivity (Wildman–Crippen MR) is 253 cm³/mol. The van der Waals surface area contributed by atoms with Crippen molar-refractivity contribution in [3.63, 3.8) is 0 Å². The maximum absolute atomic E-state index is 5.65. The third-order valence-electron chi connectivity index (χ3n) is 21.5. The van der Waals surface area contributed by atoms with E-state index in [1.165, 1.54) is 173 Å². The Kier molecular flexibility index (Phi) is 12.1. The lowest BCUT2D eigenvalue weighted by atomic mass is 9.65. The van der Waals surface area contributed by atoms with Crippen LogP contribution in [0.1, 0.15) is 193 Å². The maximum atomic E-state index is 5.65. The highest BCUT2D eigenvalue weighted by molar-refractivity contribution is 5.36. The van der Waals surface area contributed by atoms with Gasteiger partial charge in [-0.3, -0.25) is 9.80 Å². The molecule has 9 aliphatic carbocycles. The summed E-state index contributed by atoms with van der Waals surface area (Å²) in [4.78, 5) is 6.47. The van der Waals surface area contributed by atoms with E-state index in [0.29, 0.717) is 24.2 Å². The zero-order valence-electron chi connectivity index (χ0n) is 38.8. The molecule has 15 unspecified atom stereocenters. The lowest BCUT2D eigenvalue weighted by molar-refractivity contribution is 0.0462. The number of allylic oxidation sites excluding steroid dienone is 6. The average Bonchev–Trinajstić information content (AvgIpc) is 3.84. The Labute approximate surface area is 373 Å². The largest absolute Gasteiger partial charge is 0.644 e. The van der Waals surface area contributed by atoms with Gasteiger partial charge in [0.2, 0.25) is 0 Å². The van der Waals surface area contributed by atoms with Gasteiger partial charge in [0, 0.05) is 42.3 Å². The number of rotatable bonds is 6. The fourth-order valence-electron chi connectivity index (χ4n) is 18.6. The van der Waals surface area contributed by atoms with Crippen molar-refractivity contribution in [2.24, 2.45) is 59.2 Å². The zero-order valence-corrected chi connectivity index (χ0v) is 38.8. The van der Waals surface area contributed by atoms with Gasteiger partial charge >= 0.3 is 0 Å². The summed E-state index contributed by atoms with van der Waals surface area (Å²) in [5, 5.41) is 9.93. The Balaban J connectivity index is 0.686. The van der Waals surface area contributed by atoms with Crippen molar-refractivity contribution < 1.29 is 0 Å². The zero-order chi connectivity index (χ0) is 40.4. The van der Waals surface area contributed by atoms with Crippen molar-refractivity contribution in [1.82, 2.24) is 15.1 Å². The summed E-state index contributed by atoms with van der Waals surface area (Å²) in [6, 6.07) is 6.46. The highest BCUT2D eigenvalue weighted by Gasteiger charge is 2.55. The van der Waals surface area contributed by atoms with Crippen molar-refractivity contribution >= 4 is 0 Å². The second-order valence-electron chi connectivity index (χ2n) is 24.3. The number of likely N-dealkylation sites (tertiary alicyclic amines) is 2. The van der Waals surface area contributed by atoms with Crippen molar-refractivity contribution in [2.75, 3.05) is 0 Å². The molecule has 0 aromatic rings. The lowest BCUT2D eigenvalue weighted by Crippen LogP contribution is -2.58. The van der Waals surface area contributed by atoms with E-state index in [-0.39, 0.29) is 0 Å². The van der Waals surface area contributed by atoms with E-state index in [1.807, 2.05) is 11.1 Å². The van der Waals surface area contributed by atoms with Crippen molar-refractivity contribution in [2.45, 2.75) is 248 Å². The van der Waals surface area contributed by atoms with E-state index in [0.717, 1.165) is 89.5 Å². The van der Waals surface area contributed by atoms with E-state index >= 15 is 0 Å². The van der Waals surface area contributed by atoms with Gasteiger partial charge in [-0.25, -0.2) is 0 Å². The van der Waals surface area contributed by atoms with E-state index in [2.05, 4.69) is 58.5 Å². The minimum absolute atomic E-state index is 0.393. The molecule has 8 fully saturated rings. The summed E-state index contributed by atoms with van der Waals surface area (Å²) in [6.07, 6.45) is 57.8. The second kappa shape index (κ2) is 17.9. The van der Waals surface area contributed by atoms with Crippen LogP contribution < -0.4 is 5.32 Å². The molecule has 5 saturated carbocycles. The van der Waals surface area contributed by atoms with Gasteiger partial charge in [-0.1, -0.05) is 81.6 Å². The first-order valence-corrected chi connectivity index (χ1v) is 27.9. The minimum Gasteiger partial charge on any atom is -0.644 e. The Morgan fingerprint density at radius 3 is 2.02 bits per heavy atom. The highest BCUT2D eigenvalue weighted by Crippen LogP contribution is 2.56. The predicted octanol–water partition coefficient (Wildman–Crippen LogP) is 13.5. The molecule has 61 heavy (non-hydrogen) atoms. The smallest absolute Gasteiger partial charge is 0.0171 e. The number of nitrogens with one attached hydrogen (secondary N) is 1. The monoisotopic (exact) mass is 828 g/mol. The molecule has 3 saturated heterocycles. The van der Waals surface area contributed by atoms with Crippen molar-refractivity contribution in [1.29, 1.82) is 0 Å². The van der Waals surface area contributed by atoms with Gasteiger partial charge < -0.3 is 10.6 Å². The first kappa shape index (κ1) is 41.2. The van der Waals surface area contributed by atoms with Gasteiger partial charge in [-0.15, -0.1) is 6.04 Å². The molecule has 15 atom stereocenters. The Morgan fingerprint density at radius 1 is 0.525 bits per heavy atom. The molecule has 12 aliphatic rings. The molecule has 0 radical (unpaired) electrons. The first-order chi connectivity index (χ1) is 30.1. The van der Waals surface area contributed by atoms with Crippen LogP contribution in [0.25, 0.3) is 5.32 Å². The molecule has 336 valence electrons. The molecule has 0 amide bonds. The third kappa shape index (κ3) is 7.82. The minimum atomic E-state index is 0.393. The maximum Gasteiger partial charge on any atom is 0.0171 e. The Bertz CT molecular complexity index is 1640. The molecule has 3 heterocycles. The van der Waals surface area contributed by atoms with Crippen LogP contribution in [0.2, 0.25) is 0 Å². The average molecular weight is 828 g/mol.